The number of furan rings is 1. The molecule has 1 aliphatic rings. The van der Waals surface area contributed by atoms with Crippen LogP contribution in [0.3, 0.4) is 0 Å². The molecule has 0 atom stereocenters. The molecule has 114 valence electrons. The van der Waals surface area contributed by atoms with Crippen molar-refractivity contribution < 1.29 is 4.42 Å². The van der Waals surface area contributed by atoms with Gasteiger partial charge in [0, 0.05) is 25.5 Å². The van der Waals surface area contributed by atoms with Crippen molar-refractivity contribution >= 4 is 0 Å². The van der Waals surface area contributed by atoms with Crippen LogP contribution in [0.5, 0.6) is 0 Å². The number of aryl methyl sites for hydroxylation is 2. The zero-order valence-corrected chi connectivity index (χ0v) is 12.6. The third kappa shape index (κ3) is 2.46. The van der Waals surface area contributed by atoms with Crippen molar-refractivity contribution in [2.45, 2.75) is 33.0 Å². The molecule has 0 saturated carbocycles. The second-order valence-electron chi connectivity index (χ2n) is 5.67. The summed E-state index contributed by atoms with van der Waals surface area (Å²) in [6.45, 7) is 5.50. The Hall–Kier alpha value is -2.34. The molecule has 0 aromatic carbocycles. The molecule has 0 saturated heterocycles. The normalized spacial score (nSPS) is 14.8. The van der Waals surface area contributed by atoms with Gasteiger partial charge in [0.05, 0.1) is 12.2 Å². The molecule has 0 spiro atoms. The molecule has 6 heteroatoms. The second-order valence-corrected chi connectivity index (χ2v) is 5.67. The smallest absolute Gasteiger partial charge is 0.160 e. The number of nitrogens with zero attached hydrogens (tertiary/aromatic N) is 4. The molecule has 0 bridgehead atoms. The van der Waals surface area contributed by atoms with Crippen molar-refractivity contribution in [2.75, 3.05) is 6.54 Å². The van der Waals surface area contributed by atoms with Crippen molar-refractivity contribution in [1.82, 2.24) is 24.6 Å². The summed E-state index contributed by atoms with van der Waals surface area (Å²) in [4.78, 5) is 4.48. The molecular weight excluding hydrogens is 278 g/mol. The van der Waals surface area contributed by atoms with Crippen LogP contribution in [0.15, 0.2) is 35.0 Å². The molecule has 0 fully saturated rings. The third-order valence-electron chi connectivity index (χ3n) is 3.96. The van der Waals surface area contributed by atoms with Crippen molar-refractivity contribution in [3.63, 3.8) is 0 Å². The zero-order valence-electron chi connectivity index (χ0n) is 12.6. The fraction of sp³-hybridized carbons (Fsp3) is 0.375. The van der Waals surface area contributed by atoms with Crippen LogP contribution in [0.1, 0.15) is 23.6 Å². The number of nitrogens with one attached hydrogen (secondary N) is 1. The van der Waals surface area contributed by atoms with Crippen LogP contribution in [-0.4, -0.2) is 25.9 Å². The predicted molar refractivity (Wildman–Crippen MR) is 82.3 cm³/mol. The van der Waals surface area contributed by atoms with E-state index in [1.807, 2.05) is 31.5 Å². The largest absolute Gasteiger partial charge is 0.464 e. The van der Waals surface area contributed by atoms with Gasteiger partial charge in [-0.05, 0) is 38.1 Å². The van der Waals surface area contributed by atoms with Gasteiger partial charge in [0.1, 0.15) is 17.2 Å². The SMILES string of the molecule is Cc1ccc(Cn2ccnc2-c2cc3n(n2)CCCNC3)o1. The van der Waals surface area contributed by atoms with Gasteiger partial charge in [-0.15, -0.1) is 0 Å². The lowest BCUT2D eigenvalue weighted by atomic mass is 10.3. The average Bonchev–Trinajstić information content (AvgIpc) is 3.18. The molecule has 0 unspecified atom stereocenters. The molecule has 3 aromatic rings. The summed E-state index contributed by atoms with van der Waals surface area (Å²) in [5.41, 5.74) is 2.14. The maximum absolute atomic E-state index is 5.66. The first-order valence-corrected chi connectivity index (χ1v) is 7.64. The molecule has 6 nitrogen and oxygen atoms in total. The highest BCUT2D eigenvalue weighted by Crippen LogP contribution is 2.20. The van der Waals surface area contributed by atoms with Crippen LogP contribution >= 0.6 is 0 Å². The van der Waals surface area contributed by atoms with Crippen LogP contribution in [0.2, 0.25) is 0 Å². The number of imidazole rings is 1. The summed E-state index contributed by atoms with van der Waals surface area (Å²) in [6, 6.07) is 6.12. The highest BCUT2D eigenvalue weighted by Gasteiger charge is 2.16. The highest BCUT2D eigenvalue weighted by molar-refractivity contribution is 5.50. The van der Waals surface area contributed by atoms with E-state index < -0.39 is 0 Å². The molecule has 1 aliphatic heterocycles. The summed E-state index contributed by atoms with van der Waals surface area (Å²) >= 11 is 0. The maximum atomic E-state index is 5.66. The van der Waals surface area contributed by atoms with E-state index in [1.165, 1.54) is 5.69 Å². The summed E-state index contributed by atoms with van der Waals surface area (Å²) < 4.78 is 9.83. The molecule has 0 radical (unpaired) electrons. The first-order chi connectivity index (χ1) is 10.8. The van der Waals surface area contributed by atoms with Gasteiger partial charge in [-0.1, -0.05) is 0 Å². The van der Waals surface area contributed by atoms with Crippen molar-refractivity contribution in [3.05, 3.63) is 47.8 Å². The highest BCUT2D eigenvalue weighted by atomic mass is 16.3. The Labute approximate surface area is 128 Å². The summed E-state index contributed by atoms with van der Waals surface area (Å²) in [5, 5.41) is 8.14. The van der Waals surface area contributed by atoms with Crippen molar-refractivity contribution in [2.24, 2.45) is 0 Å². The topological polar surface area (TPSA) is 60.8 Å². The van der Waals surface area contributed by atoms with Gasteiger partial charge in [0.15, 0.2) is 5.82 Å². The molecule has 3 aromatic heterocycles. The van der Waals surface area contributed by atoms with Gasteiger partial charge in [-0.25, -0.2) is 4.98 Å². The maximum Gasteiger partial charge on any atom is 0.160 e. The molecule has 4 rings (SSSR count). The molecule has 1 N–H and O–H groups in total. The summed E-state index contributed by atoms with van der Waals surface area (Å²) in [7, 11) is 0. The lowest BCUT2D eigenvalue weighted by Gasteiger charge is -2.04. The van der Waals surface area contributed by atoms with Crippen LogP contribution in [0, 0.1) is 6.92 Å². The van der Waals surface area contributed by atoms with Gasteiger partial charge in [-0.3, -0.25) is 4.68 Å². The van der Waals surface area contributed by atoms with E-state index >= 15 is 0 Å². The van der Waals surface area contributed by atoms with E-state index in [-0.39, 0.29) is 0 Å². The van der Waals surface area contributed by atoms with E-state index in [2.05, 4.69) is 25.6 Å². The Morgan fingerprint density at radius 2 is 2.32 bits per heavy atom. The van der Waals surface area contributed by atoms with Crippen LogP contribution in [0.25, 0.3) is 11.5 Å². The Morgan fingerprint density at radius 3 is 3.18 bits per heavy atom. The fourth-order valence-electron chi connectivity index (χ4n) is 2.88. The number of fused-ring (bicyclic) bond motifs is 1. The quantitative estimate of drug-likeness (QED) is 0.805. The zero-order chi connectivity index (χ0) is 14.9. The number of hydrogen-bond acceptors (Lipinski definition) is 4. The number of rotatable bonds is 3. The monoisotopic (exact) mass is 297 g/mol. The standard InChI is InChI=1S/C16H19N5O/c1-12-3-4-14(22-12)11-20-8-6-18-16(20)15-9-13-10-17-5-2-7-21(13)19-15/h3-4,6,8-9,17H,2,5,7,10-11H2,1H3. The second kappa shape index (κ2) is 5.46. The fourth-order valence-corrected chi connectivity index (χ4v) is 2.88. The van der Waals surface area contributed by atoms with Gasteiger partial charge in [0.2, 0.25) is 0 Å². The van der Waals surface area contributed by atoms with Crippen LogP contribution < -0.4 is 5.32 Å². The van der Waals surface area contributed by atoms with E-state index in [0.717, 1.165) is 49.1 Å². The van der Waals surface area contributed by atoms with Gasteiger partial charge < -0.3 is 14.3 Å². The van der Waals surface area contributed by atoms with Crippen LogP contribution in [0.4, 0.5) is 0 Å². The summed E-state index contributed by atoms with van der Waals surface area (Å²) in [6.07, 6.45) is 4.89. The molecule has 0 aliphatic carbocycles. The molecule has 0 amide bonds. The predicted octanol–water partition coefficient (Wildman–Crippen LogP) is 2.19. The Bertz CT molecular complexity index is 759. The van der Waals surface area contributed by atoms with Gasteiger partial charge in [0.25, 0.3) is 0 Å². The minimum absolute atomic E-state index is 0.670. The molecular formula is C16H19N5O. The van der Waals surface area contributed by atoms with E-state index in [9.17, 15) is 0 Å². The van der Waals surface area contributed by atoms with Crippen molar-refractivity contribution in [1.29, 1.82) is 0 Å². The van der Waals surface area contributed by atoms with Crippen molar-refractivity contribution in [3.8, 4) is 11.5 Å². The summed E-state index contributed by atoms with van der Waals surface area (Å²) in [5.74, 6) is 2.74. The van der Waals surface area contributed by atoms with E-state index in [4.69, 9.17) is 9.52 Å². The molecule has 22 heavy (non-hydrogen) atoms. The van der Waals surface area contributed by atoms with Gasteiger partial charge in [-0.2, -0.15) is 5.10 Å². The minimum Gasteiger partial charge on any atom is -0.464 e. The number of hydrogen-bond donors (Lipinski definition) is 1. The van der Waals surface area contributed by atoms with E-state index in [1.54, 1.807) is 0 Å². The first kappa shape index (κ1) is 13.3. The van der Waals surface area contributed by atoms with Gasteiger partial charge >= 0.3 is 0 Å². The first-order valence-electron chi connectivity index (χ1n) is 7.64. The molecule has 4 heterocycles. The Kier molecular flexibility index (Phi) is 3.31. The Balaban J connectivity index is 1.64. The average molecular weight is 297 g/mol. The lowest BCUT2D eigenvalue weighted by molar-refractivity contribution is 0.470. The number of aromatic nitrogens is 4. The Morgan fingerprint density at radius 1 is 1.36 bits per heavy atom. The minimum atomic E-state index is 0.670. The van der Waals surface area contributed by atoms with E-state index in [0.29, 0.717) is 6.54 Å². The lowest BCUT2D eigenvalue weighted by Crippen LogP contribution is -2.11. The third-order valence-corrected chi connectivity index (χ3v) is 3.96. The van der Waals surface area contributed by atoms with Crippen LogP contribution in [-0.2, 0) is 19.6 Å².